The minimum Gasteiger partial charge on any atom is -0.467 e. The number of morpholine rings is 1. The summed E-state index contributed by atoms with van der Waals surface area (Å²) in [7, 11) is 1.53. The molecule has 0 radical (unpaired) electrons. The van der Waals surface area contributed by atoms with Crippen molar-refractivity contribution in [1.29, 1.82) is 0 Å². The molecule has 0 spiro atoms. The standard InChI is InChI=1S/C23H29FN6O3/c1-14-7-15-10-26-30(20(15)8-18(14)17-3-4-25-11-19(17)24)22-9-21(27-23(28-22)32-2)29-5-6-33-16(12-29)13-31/h7-10,16-17,19,25,31H,3-6,11-13H2,1-2H3/t16?,17?,19-/m0/s1. The van der Waals surface area contributed by atoms with Gasteiger partial charge in [0.05, 0.1) is 38.1 Å². The number of rotatable bonds is 5. The summed E-state index contributed by atoms with van der Waals surface area (Å²) < 4.78 is 27.4. The molecule has 2 saturated heterocycles. The zero-order chi connectivity index (χ0) is 22.9. The first kappa shape index (κ1) is 22.0. The molecule has 5 rings (SSSR count). The van der Waals surface area contributed by atoms with Crippen molar-refractivity contribution < 1.29 is 19.0 Å². The fraction of sp³-hybridized carbons (Fsp3) is 0.522. The van der Waals surface area contributed by atoms with Crippen molar-refractivity contribution in [2.45, 2.75) is 31.5 Å². The molecule has 9 nitrogen and oxygen atoms in total. The Balaban J connectivity index is 1.56. The molecule has 2 fully saturated rings. The third-order valence-electron chi connectivity index (χ3n) is 6.51. The molecular formula is C23H29FN6O3. The van der Waals surface area contributed by atoms with E-state index in [1.807, 2.05) is 24.0 Å². The highest BCUT2D eigenvalue weighted by Crippen LogP contribution is 2.33. The topological polar surface area (TPSA) is 97.6 Å². The van der Waals surface area contributed by atoms with Crippen LogP contribution in [0.5, 0.6) is 6.01 Å². The van der Waals surface area contributed by atoms with Gasteiger partial charge in [-0.15, -0.1) is 0 Å². The molecule has 0 bridgehead atoms. The van der Waals surface area contributed by atoms with Gasteiger partial charge in [0.15, 0.2) is 5.82 Å². The quantitative estimate of drug-likeness (QED) is 0.599. The summed E-state index contributed by atoms with van der Waals surface area (Å²) in [6, 6.07) is 6.20. The number of hydrogen-bond acceptors (Lipinski definition) is 8. The normalized spacial score (nSPS) is 23.8. The van der Waals surface area contributed by atoms with E-state index < -0.39 is 6.17 Å². The van der Waals surface area contributed by atoms with E-state index in [4.69, 9.17) is 9.47 Å². The number of alkyl halides is 1. The van der Waals surface area contributed by atoms with Crippen LogP contribution in [0.25, 0.3) is 16.7 Å². The molecule has 33 heavy (non-hydrogen) atoms. The maximum absolute atomic E-state index is 14.7. The predicted octanol–water partition coefficient (Wildman–Crippen LogP) is 1.75. The number of nitrogens with one attached hydrogen (secondary N) is 1. The van der Waals surface area contributed by atoms with Gasteiger partial charge in [0.1, 0.15) is 12.0 Å². The van der Waals surface area contributed by atoms with Crippen LogP contribution >= 0.6 is 0 Å². The third kappa shape index (κ3) is 4.25. The van der Waals surface area contributed by atoms with Gasteiger partial charge >= 0.3 is 6.01 Å². The lowest BCUT2D eigenvalue weighted by atomic mass is 9.85. The Morgan fingerprint density at radius 3 is 2.91 bits per heavy atom. The fourth-order valence-corrected chi connectivity index (χ4v) is 4.76. The van der Waals surface area contributed by atoms with Crippen molar-refractivity contribution in [3.05, 3.63) is 35.5 Å². The SMILES string of the molecule is COc1nc(N2CCOC(CO)C2)cc(-n2ncc3cc(C)c(C4CCNC[C@@H]4F)cc32)n1. The molecule has 0 saturated carbocycles. The van der Waals surface area contributed by atoms with E-state index >= 15 is 0 Å². The van der Waals surface area contributed by atoms with E-state index in [2.05, 4.69) is 26.4 Å². The smallest absolute Gasteiger partial charge is 0.320 e. The average molecular weight is 457 g/mol. The highest BCUT2D eigenvalue weighted by Gasteiger charge is 2.28. The first-order chi connectivity index (χ1) is 16.1. The lowest BCUT2D eigenvalue weighted by Gasteiger charge is -2.33. The van der Waals surface area contributed by atoms with Gasteiger partial charge < -0.3 is 24.8 Å². The number of aliphatic hydroxyl groups excluding tert-OH is 1. The van der Waals surface area contributed by atoms with Gasteiger partial charge in [-0.25, -0.2) is 9.07 Å². The third-order valence-corrected chi connectivity index (χ3v) is 6.51. The number of ether oxygens (including phenoxy) is 2. The van der Waals surface area contributed by atoms with Crippen molar-refractivity contribution in [2.24, 2.45) is 0 Å². The number of piperidine rings is 1. The van der Waals surface area contributed by atoms with Gasteiger partial charge in [0, 0.05) is 37.0 Å². The molecule has 2 aromatic heterocycles. The Morgan fingerprint density at radius 2 is 2.12 bits per heavy atom. The van der Waals surface area contributed by atoms with Gasteiger partial charge in [0.25, 0.3) is 0 Å². The molecule has 1 aromatic carbocycles. The zero-order valence-electron chi connectivity index (χ0n) is 18.9. The van der Waals surface area contributed by atoms with Crippen molar-refractivity contribution in [3.8, 4) is 11.8 Å². The Morgan fingerprint density at radius 1 is 1.27 bits per heavy atom. The van der Waals surface area contributed by atoms with Crippen LogP contribution in [0.2, 0.25) is 0 Å². The number of benzene rings is 1. The van der Waals surface area contributed by atoms with Crippen LogP contribution in [0.15, 0.2) is 24.4 Å². The van der Waals surface area contributed by atoms with Gasteiger partial charge in [-0.1, -0.05) is 0 Å². The summed E-state index contributed by atoms with van der Waals surface area (Å²) >= 11 is 0. The summed E-state index contributed by atoms with van der Waals surface area (Å²) in [6.07, 6.45) is 1.37. The van der Waals surface area contributed by atoms with Crippen LogP contribution in [0.4, 0.5) is 10.2 Å². The van der Waals surface area contributed by atoms with Crippen LogP contribution in [-0.2, 0) is 4.74 Å². The number of aromatic nitrogens is 4. The second kappa shape index (κ2) is 9.20. The molecule has 0 aliphatic carbocycles. The molecule has 2 unspecified atom stereocenters. The van der Waals surface area contributed by atoms with Crippen LogP contribution in [-0.4, -0.2) is 83.6 Å². The first-order valence-corrected chi connectivity index (χ1v) is 11.3. The van der Waals surface area contributed by atoms with Crippen LogP contribution in [0.1, 0.15) is 23.5 Å². The number of hydrogen-bond donors (Lipinski definition) is 2. The van der Waals surface area contributed by atoms with Crippen LogP contribution in [0, 0.1) is 6.92 Å². The molecule has 10 heteroatoms. The van der Waals surface area contributed by atoms with Crippen molar-refractivity contribution >= 4 is 16.7 Å². The van der Waals surface area contributed by atoms with Crippen molar-refractivity contribution in [3.63, 3.8) is 0 Å². The van der Waals surface area contributed by atoms with E-state index in [1.165, 1.54) is 7.11 Å². The number of fused-ring (bicyclic) bond motifs is 1. The number of anilines is 1. The van der Waals surface area contributed by atoms with E-state index in [1.54, 1.807) is 10.9 Å². The minimum absolute atomic E-state index is 0.0518. The molecule has 3 atom stereocenters. The molecule has 2 N–H and O–H groups in total. The molecule has 3 aromatic rings. The lowest BCUT2D eigenvalue weighted by molar-refractivity contribution is 0.00333. The number of halogens is 1. The lowest BCUT2D eigenvalue weighted by Crippen LogP contribution is -2.44. The Labute approximate surface area is 191 Å². The first-order valence-electron chi connectivity index (χ1n) is 11.3. The average Bonchev–Trinajstić information content (AvgIpc) is 3.26. The largest absolute Gasteiger partial charge is 0.467 e. The van der Waals surface area contributed by atoms with Gasteiger partial charge in [-0.05, 0) is 43.1 Å². The van der Waals surface area contributed by atoms with Crippen molar-refractivity contribution in [1.82, 2.24) is 25.1 Å². The minimum atomic E-state index is -0.919. The summed E-state index contributed by atoms with van der Waals surface area (Å²) in [6.45, 7) is 4.83. The Hall–Kier alpha value is -2.82. The Kier molecular flexibility index (Phi) is 6.13. The molecule has 2 aliphatic rings. The molecular weight excluding hydrogens is 427 g/mol. The summed E-state index contributed by atoms with van der Waals surface area (Å²) in [4.78, 5) is 11.1. The highest BCUT2D eigenvalue weighted by molar-refractivity contribution is 5.82. The zero-order valence-corrected chi connectivity index (χ0v) is 18.9. The fourth-order valence-electron chi connectivity index (χ4n) is 4.76. The van der Waals surface area contributed by atoms with Gasteiger partial charge in [0.2, 0.25) is 0 Å². The number of methoxy groups -OCH3 is 1. The van der Waals surface area contributed by atoms with Crippen LogP contribution < -0.4 is 15.0 Å². The van der Waals surface area contributed by atoms with Crippen molar-refractivity contribution in [2.75, 3.05) is 51.4 Å². The molecule has 4 heterocycles. The van der Waals surface area contributed by atoms with Gasteiger partial charge in [-0.3, -0.25) is 0 Å². The summed E-state index contributed by atoms with van der Waals surface area (Å²) in [5, 5.41) is 18.2. The maximum atomic E-state index is 14.7. The monoisotopic (exact) mass is 456 g/mol. The summed E-state index contributed by atoms with van der Waals surface area (Å²) in [5.74, 6) is 1.10. The predicted molar refractivity (Wildman–Crippen MR) is 122 cm³/mol. The number of aryl methyl sites for hydroxylation is 1. The highest BCUT2D eigenvalue weighted by atomic mass is 19.1. The second-order valence-electron chi connectivity index (χ2n) is 8.63. The van der Waals surface area contributed by atoms with E-state index in [0.29, 0.717) is 37.9 Å². The molecule has 176 valence electrons. The van der Waals surface area contributed by atoms with E-state index in [0.717, 1.165) is 35.0 Å². The number of nitrogens with zero attached hydrogens (tertiary/aromatic N) is 5. The maximum Gasteiger partial charge on any atom is 0.320 e. The number of aliphatic hydroxyl groups is 1. The van der Waals surface area contributed by atoms with E-state index in [9.17, 15) is 9.50 Å². The van der Waals surface area contributed by atoms with E-state index in [-0.39, 0.29) is 24.6 Å². The molecule has 2 aliphatic heterocycles. The Bertz CT molecular complexity index is 1140. The molecule has 0 amide bonds. The summed E-state index contributed by atoms with van der Waals surface area (Å²) in [5.41, 5.74) is 2.95. The second-order valence-corrected chi connectivity index (χ2v) is 8.63. The van der Waals surface area contributed by atoms with Crippen LogP contribution in [0.3, 0.4) is 0 Å². The van der Waals surface area contributed by atoms with Gasteiger partial charge in [-0.2, -0.15) is 15.1 Å².